The van der Waals surface area contributed by atoms with E-state index >= 15 is 0 Å². The summed E-state index contributed by atoms with van der Waals surface area (Å²) in [4.78, 5) is 34.7. The average Bonchev–Trinajstić information content (AvgIpc) is 3.52. The van der Waals surface area contributed by atoms with Crippen LogP contribution in [0, 0.1) is 6.92 Å². The lowest BCUT2D eigenvalue weighted by atomic mass is 10.1. The predicted molar refractivity (Wildman–Crippen MR) is 134 cm³/mol. The molecule has 2 unspecified atom stereocenters. The molecule has 1 aliphatic rings. The lowest BCUT2D eigenvalue weighted by Crippen LogP contribution is -2.32. The van der Waals surface area contributed by atoms with E-state index in [1.807, 2.05) is 48.5 Å². The number of carbonyl (C=O) groups is 2. The molecule has 0 saturated carbocycles. The Labute approximate surface area is 219 Å². The second kappa shape index (κ2) is 12.0. The first-order valence-corrected chi connectivity index (χ1v) is 11.8. The quantitative estimate of drug-likeness (QED) is 0.351. The van der Waals surface area contributed by atoms with E-state index in [-0.39, 0.29) is 18.2 Å². The van der Waals surface area contributed by atoms with Crippen LogP contribution in [0.5, 0.6) is 11.8 Å². The number of hydrogen-bond acceptors (Lipinski definition) is 10. The van der Waals surface area contributed by atoms with Crippen molar-refractivity contribution < 1.29 is 28.2 Å². The Balaban J connectivity index is 0.000000417. The van der Waals surface area contributed by atoms with Gasteiger partial charge in [-0.15, -0.1) is 10.2 Å². The molecule has 11 heteroatoms. The van der Waals surface area contributed by atoms with Gasteiger partial charge in [0.1, 0.15) is 5.82 Å². The Hall–Kier alpha value is -4.80. The molecule has 0 spiro atoms. The second-order valence-corrected chi connectivity index (χ2v) is 8.29. The molecular formula is C27H27N5O6. The summed E-state index contributed by atoms with van der Waals surface area (Å²) in [7, 11) is 2.94. The maximum absolute atomic E-state index is 12.9. The molecule has 38 heavy (non-hydrogen) atoms. The van der Waals surface area contributed by atoms with Crippen molar-refractivity contribution in [3.8, 4) is 11.8 Å². The molecule has 3 heterocycles. The molecule has 2 aromatic heterocycles. The van der Waals surface area contributed by atoms with Gasteiger partial charge in [0.05, 0.1) is 32.7 Å². The van der Waals surface area contributed by atoms with Crippen LogP contribution in [-0.2, 0) is 16.0 Å². The highest BCUT2D eigenvalue weighted by Gasteiger charge is 2.47. The Morgan fingerprint density at radius 2 is 1.53 bits per heavy atom. The van der Waals surface area contributed by atoms with E-state index in [0.717, 1.165) is 10.5 Å². The monoisotopic (exact) mass is 517 g/mol. The molecule has 0 radical (unpaired) electrons. The topological polar surface area (TPSA) is 130 Å². The molecule has 196 valence electrons. The van der Waals surface area contributed by atoms with Crippen LogP contribution in [-0.4, -0.2) is 51.3 Å². The van der Waals surface area contributed by atoms with E-state index in [1.165, 1.54) is 25.8 Å². The van der Waals surface area contributed by atoms with Gasteiger partial charge < -0.3 is 18.6 Å². The van der Waals surface area contributed by atoms with Crippen molar-refractivity contribution in [3.63, 3.8) is 0 Å². The number of benzene rings is 2. The van der Waals surface area contributed by atoms with Crippen LogP contribution in [0.4, 0.5) is 4.79 Å². The van der Waals surface area contributed by atoms with Gasteiger partial charge in [-0.25, -0.2) is 9.69 Å². The van der Waals surface area contributed by atoms with Crippen LogP contribution in [0.25, 0.3) is 0 Å². The average molecular weight is 518 g/mol. The number of ether oxygens (including phenoxy) is 3. The summed E-state index contributed by atoms with van der Waals surface area (Å²) >= 11 is 0. The molecule has 2 atom stereocenters. The van der Waals surface area contributed by atoms with E-state index in [9.17, 15) is 9.59 Å². The number of carbonyl (C=O) groups excluding carboxylic acids is 2. The Bertz CT molecular complexity index is 1360. The van der Waals surface area contributed by atoms with E-state index in [4.69, 9.17) is 18.6 Å². The molecule has 2 amide bonds. The van der Waals surface area contributed by atoms with Crippen molar-refractivity contribution in [3.05, 3.63) is 95.5 Å². The summed E-state index contributed by atoms with van der Waals surface area (Å²) in [6.45, 7) is 3.82. The summed E-state index contributed by atoms with van der Waals surface area (Å²) in [6.07, 6.45) is -2.01. The van der Waals surface area contributed by atoms with Crippen molar-refractivity contribution in [2.24, 2.45) is 0 Å². The number of aryl methyl sites for hydroxylation is 1. The molecule has 2 aromatic carbocycles. The van der Waals surface area contributed by atoms with Crippen molar-refractivity contribution in [2.75, 3.05) is 14.2 Å². The minimum atomic E-state index is -1.30. The first-order chi connectivity index (χ1) is 18.4. The lowest BCUT2D eigenvalue weighted by Gasteiger charge is -2.20. The maximum Gasteiger partial charge on any atom is 0.418 e. The van der Waals surface area contributed by atoms with Crippen LogP contribution in [0.3, 0.4) is 0 Å². The number of hydrogen-bond donors (Lipinski definition) is 0. The van der Waals surface area contributed by atoms with E-state index < -0.39 is 24.1 Å². The molecule has 1 aliphatic heterocycles. The summed E-state index contributed by atoms with van der Waals surface area (Å²) < 4.78 is 21.0. The van der Waals surface area contributed by atoms with E-state index in [0.29, 0.717) is 17.6 Å². The van der Waals surface area contributed by atoms with Crippen molar-refractivity contribution in [2.45, 2.75) is 32.4 Å². The van der Waals surface area contributed by atoms with Crippen molar-refractivity contribution >= 4 is 12.0 Å². The highest BCUT2D eigenvalue weighted by molar-refractivity contribution is 6.00. The van der Waals surface area contributed by atoms with Crippen LogP contribution < -0.4 is 9.47 Å². The van der Waals surface area contributed by atoms with Crippen LogP contribution in [0.2, 0.25) is 0 Å². The smallest absolute Gasteiger partial charge is 0.418 e. The number of aromatic nitrogens is 4. The minimum Gasteiger partial charge on any atom is -0.481 e. The largest absolute Gasteiger partial charge is 0.481 e. The molecular weight excluding hydrogens is 490 g/mol. The first-order valence-electron chi connectivity index (χ1n) is 11.8. The number of methoxy groups -OCH3 is 2. The summed E-state index contributed by atoms with van der Waals surface area (Å²) in [6, 6.07) is 20.4. The molecule has 1 fully saturated rings. The van der Waals surface area contributed by atoms with Gasteiger partial charge in [-0.3, -0.25) is 4.79 Å². The molecule has 0 aliphatic carbocycles. The van der Waals surface area contributed by atoms with Gasteiger partial charge in [-0.2, -0.15) is 9.97 Å². The third-order valence-electron chi connectivity index (χ3n) is 5.65. The standard InChI is InChI=1S/C20H19N5O6.C7H8/c1-11(12-7-5-4-6-8-12)25-19(26)17(31-20(25)27)18-24-23-16(30-18)9-13-21-14(28-2)10-15(22-13)29-3;1-7-5-3-2-4-6-7/h4-8,10-11,17H,9H2,1-3H3;2-6H,1H3. The third kappa shape index (κ3) is 6.12. The fourth-order valence-corrected chi connectivity index (χ4v) is 3.66. The van der Waals surface area contributed by atoms with Gasteiger partial charge in [0.2, 0.25) is 17.7 Å². The van der Waals surface area contributed by atoms with E-state index in [1.54, 1.807) is 6.92 Å². The molecule has 0 N–H and O–H groups in total. The summed E-state index contributed by atoms with van der Waals surface area (Å²) in [5.74, 6) is 0.394. The van der Waals surface area contributed by atoms with E-state index in [2.05, 4.69) is 39.2 Å². The lowest BCUT2D eigenvalue weighted by molar-refractivity contribution is -0.131. The number of amides is 2. The zero-order valence-corrected chi connectivity index (χ0v) is 21.4. The van der Waals surface area contributed by atoms with Gasteiger partial charge in [0, 0.05) is 0 Å². The van der Waals surface area contributed by atoms with Gasteiger partial charge in [0.25, 0.3) is 17.9 Å². The molecule has 0 bridgehead atoms. The predicted octanol–water partition coefficient (Wildman–Crippen LogP) is 4.24. The fraction of sp³-hybridized carbons (Fsp3) is 0.259. The van der Waals surface area contributed by atoms with Gasteiger partial charge in [-0.1, -0.05) is 66.2 Å². The number of cyclic esters (lactones) is 1. The highest BCUT2D eigenvalue weighted by Crippen LogP contribution is 2.33. The second-order valence-electron chi connectivity index (χ2n) is 8.29. The Morgan fingerprint density at radius 3 is 2.08 bits per heavy atom. The molecule has 1 saturated heterocycles. The Morgan fingerprint density at radius 1 is 0.921 bits per heavy atom. The zero-order chi connectivity index (χ0) is 27.1. The summed E-state index contributed by atoms with van der Waals surface area (Å²) in [5.41, 5.74) is 2.12. The maximum atomic E-state index is 12.9. The van der Waals surface area contributed by atoms with Crippen LogP contribution in [0.15, 0.2) is 71.1 Å². The normalized spacial score (nSPS) is 15.4. The van der Waals surface area contributed by atoms with Gasteiger partial charge >= 0.3 is 6.09 Å². The molecule has 4 aromatic rings. The minimum absolute atomic E-state index is 0.0690. The van der Waals surface area contributed by atoms with Crippen LogP contribution in [0.1, 0.15) is 47.8 Å². The fourth-order valence-electron chi connectivity index (χ4n) is 3.66. The van der Waals surface area contributed by atoms with Crippen molar-refractivity contribution in [1.29, 1.82) is 0 Å². The van der Waals surface area contributed by atoms with Gasteiger partial charge in [-0.05, 0) is 19.4 Å². The van der Waals surface area contributed by atoms with Crippen molar-refractivity contribution in [1.82, 2.24) is 25.1 Å². The number of nitrogens with zero attached hydrogens (tertiary/aromatic N) is 5. The molecule has 11 nitrogen and oxygen atoms in total. The zero-order valence-electron chi connectivity index (χ0n) is 21.4. The van der Waals surface area contributed by atoms with Crippen LogP contribution >= 0.6 is 0 Å². The Kier molecular flexibility index (Phi) is 8.27. The summed E-state index contributed by atoms with van der Waals surface area (Å²) in [5, 5.41) is 7.79. The molecule has 5 rings (SSSR count). The highest BCUT2D eigenvalue weighted by atomic mass is 16.6. The van der Waals surface area contributed by atoms with Gasteiger partial charge in [0.15, 0.2) is 0 Å². The SMILES string of the molecule is COc1cc(OC)nc(Cc2nnc(C3OC(=O)N(C(C)c4ccccc4)C3=O)o2)n1.Cc1ccccc1. The third-order valence-corrected chi connectivity index (χ3v) is 5.65. The first kappa shape index (κ1) is 26.3. The number of imide groups is 1. The number of rotatable bonds is 7.